The van der Waals surface area contributed by atoms with Gasteiger partial charge in [0.05, 0.1) is 11.6 Å². The van der Waals surface area contributed by atoms with Gasteiger partial charge in [0.2, 0.25) is 11.8 Å². The number of hydrogen-bond donors (Lipinski definition) is 0. The molecule has 1 atom stereocenters. The average molecular weight is 341 g/mol. The van der Waals surface area contributed by atoms with Crippen molar-refractivity contribution < 1.29 is 17.6 Å². The van der Waals surface area contributed by atoms with Crippen LogP contribution in [0, 0.1) is 6.92 Å². The Morgan fingerprint density at radius 3 is 2.33 bits per heavy atom. The summed E-state index contributed by atoms with van der Waals surface area (Å²) >= 11 is 0. The zero-order valence-corrected chi connectivity index (χ0v) is 13.4. The van der Waals surface area contributed by atoms with E-state index in [-0.39, 0.29) is 6.04 Å². The van der Waals surface area contributed by atoms with Crippen molar-refractivity contribution in [2.75, 3.05) is 31.1 Å². The minimum atomic E-state index is -4.36. The molecule has 3 rings (SSSR count). The summed E-state index contributed by atoms with van der Waals surface area (Å²) < 4.78 is 43.2. The Kier molecular flexibility index (Phi) is 4.44. The summed E-state index contributed by atoms with van der Waals surface area (Å²) in [6.45, 7) is 6.58. The first-order valence-electron chi connectivity index (χ1n) is 7.67. The molecule has 1 aliphatic rings. The van der Waals surface area contributed by atoms with Gasteiger partial charge in [0.1, 0.15) is 5.82 Å². The Morgan fingerprint density at radius 2 is 1.83 bits per heavy atom. The number of aromatic nitrogens is 3. The summed E-state index contributed by atoms with van der Waals surface area (Å²) in [6, 6.07) is 2.50. The first kappa shape index (κ1) is 16.7. The molecule has 0 radical (unpaired) electrons. The number of aryl methyl sites for hydroxylation is 1. The van der Waals surface area contributed by atoms with Gasteiger partial charge in [-0.05, 0) is 19.1 Å². The van der Waals surface area contributed by atoms with Gasteiger partial charge >= 0.3 is 6.18 Å². The normalized spacial score (nSPS) is 18.0. The van der Waals surface area contributed by atoms with E-state index in [0.29, 0.717) is 30.7 Å². The van der Waals surface area contributed by atoms with E-state index < -0.39 is 11.7 Å². The highest BCUT2D eigenvalue weighted by Gasteiger charge is 2.31. The summed E-state index contributed by atoms with van der Waals surface area (Å²) in [4.78, 5) is 8.12. The lowest BCUT2D eigenvalue weighted by molar-refractivity contribution is -0.137. The Morgan fingerprint density at radius 1 is 1.12 bits per heavy atom. The topological polar surface area (TPSA) is 58.3 Å². The van der Waals surface area contributed by atoms with E-state index in [1.807, 2.05) is 11.8 Å². The first-order chi connectivity index (χ1) is 11.3. The van der Waals surface area contributed by atoms with E-state index in [4.69, 9.17) is 4.42 Å². The van der Waals surface area contributed by atoms with E-state index in [9.17, 15) is 13.2 Å². The molecule has 130 valence electrons. The third-order valence-corrected chi connectivity index (χ3v) is 4.16. The lowest BCUT2D eigenvalue weighted by Gasteiger charge is -2.37. The minimum Gasteiger partial charge on any atom is -0.424 e. The van der Waals surface area contributed by atoms with Crippen LogP contribution < -0.4 is 4.90 Å². The van der Waals surface area contributed by atoms with E-state index in [0.717, 1.165) is 25.4 Å². The van der Waals surface area contributed by atoms with E-state index in [1.54, 1.807) is 6.92 Å². The average Bonchev–Trinajstić information content (AvgIpc) is 3.00. The molecule has 0 unspecified atom stereocenters. The number of rotatable bonds is 3. The number of anilines is 1. The van der Waals surface area contributed by atoms with Crippen molar-refractivity contribution in [1.82, 2.24) is 20.1 Å². The zero-order chi connectivity index (χ0) is 17.3. The highest BCUT2D eigenvalue weighted by molar-refractivity contribution is 5.40. The molecule has 24 heavy (non-hydrogen) atoms. The van der Waals surface area contributed by atoms with Crippen LogP contribution in [0.25, 0.3) is 0 Å². The van der Waals surface area contributed by atoms with Crippen LogP contribution in [-0.2, 0) is 6.18 Å². The van der Waals surface area contributed by atoms with Gasteiger partial charge in [0.25, 0.3) is 0 Å². The van der Waals surface area contributed by atoms with Gasteiger partial charge in [0.15, 0.2) is 0 Å². The van der Waals surface area contributed by atoms with Crippen LogP contribution in [0.3, 0.4) is 0 Å². The summed E-state index contributed by atoms with van der Waals surface area (Å²) in [6.07, 6.45) is -3.48. The van der Waals surface area contributed by atoms with Crippen molar-refractivity contribution in [1.29, 1.82) is 0 Å². The lowest BCUT2D eigenvalue weighted by atomic mass is 10.2. The van der Waals surface area contributed by atoms with Crippen LogP contribution >= 0.6 is 0 Å². The molecule has 9 heteroatoms. The van der Waals surface area contributed by atoms with Crippen molar-refractivity contribution in [3.05, 3.63) is 35.7 Å². The fourth-order valence-electron chi connectivity index (χ4n) is 2.72. The summed E-state index contributed by atoms with van der Waals surface area (Å²) in [5.41, 5.74) is -0.731. The Bertz CT molecular complexity index is 677. The van der Waals surface area contributed by atoms with Crippen molar-refractivity contribution in [2.45, 2.75) is 26.1 Å². The molecule has 6 nitrogen and oxygen atoms in total. The molecule has 1 aliphatic heterocycles. The molecule has 3 heterocycles. The van der Waals surface area contributed by atoms with Gasteiger partial charge in [-0.15, -0.1) is 10.2 Å². The smallest absolute Gasteiger partial charge is 0.417 e. The number of nitrogens with zero attached hydrogens (tertiary/aromatic N) is 5. The van der Waals surface area contributed by atoms with E-state index in [2.05, 4.69) is 20.1 Å². The Labute approximate surface area is 137 Å². The van der Waals surface area contributed by atoms with Gasteiger partial charge in [-0.3, -0.25) is 4.90 Å². The second-order valence-electron chi connectivity index (χ2n) is 5.76. The molecule has 0 aromatic carbocycles. The van der Waals surface area contributed by atoms with Crippen molar-refractivity contribution in [3.8, 4) is 0 Å². The molecule has 0 N–H and O–H groups in total. The first-order valence-corrected chi connectivity index (χ1v) is 7.67. The van der Waals surface area contributed by atoms with E-state index in [1.165, 1.54) is 6.07 Å². The highest BCUT2D eigenvalue weighted by Crippen LogP contribution is 2.29. The fraction of sp³-hybridized carbons (Fsp3) is 0.533. The van der Waals surface area contributed by atoms with Gasteiger partial charge in [0, 0.05) is 39.3 Å². The second kappa shape index (κ2) is 6.39. The predicted molar refractivity (Wildman–Crippen MR) is 80.5 cm³/mol. The maximum absolute atomic E-state index is 12.6. The minimum absolute atomic E-state index is 0.00825. The van der Waals surface area contributed by atoms with E-state index >= 15 is 0 Å². The molecule has 1 fully saturated rings. The van der Waals surface area contributed by atoms with Crippen LogP contribution in [0.5, 0.6) is 0 Å². The SMILES string of the molecule is Cc1nnc([C@@H](C)N2CCN(c3ccc(C(F)(F)F)cn3)CC2)o1. The molecule has 0 saturated carbocycles. The van der Waals surface area contributed by atoms with Crippen LogP contribution in [0.1, 0.15) is 30.3 Å². The maximum atomic E-state index is 12.6. The number of piperazine rings is 1. The second-order valence-corrected chi connectivity index (χ2v) is 5.76. The molecule has 0 aliphatic carbocycles. The quantitative estimate of drug-likeness (QED) is 0.855. The Hall–Kier alpha value is -2.16. The monoisotopic (exact) mass is 341 g/mol. The number of hydrogen-bond acceptors (Lipinski definition) is 6. The summed E-state index contributed by atoms with van der Waals surface area (Å²) in [5.74, 6) is 1.67. The summed E-state index contributed by atoms with van der Waals surface area (Å²) in [5, 5.41) is 7.88. The lowest BCUT2D eigenvalue weighted by Crippen LogP contribution is -2.47. The van der Waals surface area contributed by atoms with Gasteiger partial charge in [-0.25, -0.2) is 4.98 Å². The molecule has 2 aromatic rings. The molecule has 0 bridgehead atoms. The molecular formula is C15H18F3N5O. The fourth-order valence-corrected chi connectivity index (χ4v) is 2.72. The third kappa shape index (κ3) is 3.50. The molecule has 0 spiro atoms. The largest absolute Gasteiger partial charge is 0.424 e. The third-order valence-electron chi connectivity index (χ3n) is 4.16. The van der Waals surface area contributed by atoms with Gasteiger partial charge < -0.3 is 9.32 Å². The predicted octanol–water partition coefficient (Wildman–Crippen LogP) is 2.68. The van der Waals surface area contributed by atoms with Crippen molar-refractivity contribution in [3.63, 3.8) is 0 Å². The van der Waals surface area contributed by atoms with Crippen LogP contribution in [0.4, 0.5) is 19.0 Å². The Balaban J connectivity index is 1.60. The molecular weight excluding hydrogens is 323 g/mol. The zero-order valence-electron chi connectivity index (χ0n) is 13.4. The molecule has 1 saturated heterocycles. The maximum Gasteiger partial charge on any atom is 0.417 e. The molecule has 0 amide bonds. The van der Waals surface area contributed by atoms with Crippen LogP contribution in [-0.4, -0.2) is 46.3 Å². The summed E-state index contributed by atoms with van der Waals surface area (Å²) in [7, 11) is 0. The molecule has 2 aromatic heterocycles. The standard InChI is InChI=1S/C15H18F3N5O/c1-10(14-21-20-11(2)24-14)22-5-7-23(8-6-22)13-4-3-12(9-19-13)15(16,17)18/h3-4,9-10H,5-8H2,1-2H3/t10-/m1/s1. The highest BCUT2D eigenvalue weighted by atomic mass is 19.4. The van der Waals surface area contributed by atoms with Crippen LogP contribution in [0.2, 0.25) is 0 Å². The number of halogens is 3. The van der Waals surface area contributed by atoms with Gasteiger partial charge in [-0.1, -0.05) is 0 Å². The van der Waals surface area contributed by atoms with Crippen molar-refractivity contribution in [2.24, 2.45) is 0 Å². The van der Waals surface area contributed by atoms with Gasteiger partial charge in [-0.2, -0.15) is 13.2 Å². The number of pyridine rings is 1. The van der Waals surface area contributed by atoms with Crippen molar-refractivity contribution >= 4 is 5.82 Å². The number of alkyl halides is 3. The van der Waals surface area contributed by atoms with Crippen LogP contribution in [0.15, 0.2) is 22.7 Å².